The van der Waals surface area contributed by atoms with Gasteiger partial charge >= 0.3 is 0 Å². The molecule has 0 fully saturated rings. The molecule has 0 atom stereocenters. The van der Waals surface area contributed by atoms with E-state index in [1.54, 1.807) is 0 Å². The minimum Gasteiger partial charge on any atom is -0.317 e. The van der Waals surface area contributed by atoms with Crippen LogP contribution in [0.25, 0.3) is 0 Å². The highest BCUT2D eigenvalue weighted by atomic mass is 79.9. The van der Waals surface area contributed by atoms with Gasteiger partial charge in [0.05, 0.1) is 4.90 Å². The summed E-state index contributed by atoms with van der Waals surface area (Å²) >= 11 is 2.70. The Morgan fingerprint density at radius 2 is 1.79 bits per heavy atom. The van der Waals surface area contributed by atoms with Gasteiger partial charge in [0, 0.05) is 27.9 Å². The molecule has 0 bridgehead atoms. The zero-order valence-corrected chi connectivity index (χ0v) is 9.72. The molecule has 1 aromatic rings. The monoisotopic (exact) mass is 277 g/mol. The standard InChI is InChI=1S/C8H8BrNO3S/c1-14(12,13)7-4-2-6(3-5-7)10-8(9)11/h2-5H,1H3,(H,10,11). The fourth-order valence-corrected chi connectivity index (χ4v) is 1.76. The Labute approximate surface area is 90.4 Å². The Morgan fingerprint density at radius 3 is 2.14 bits per heavy atom. The molecule has 0 spiro atoms. The number of benzene rings is 1. The Hall–Kier alpha value is -0.880. The first-order valence-electron chi connectivity index (χ1n) is 3.66. The summed E-state index contributed by atoms with van der Waals surface area (Å²) in [6.45, 7) is 0. The molecule has 0 aliphatic rings. The predicted molar refractivity (Wildman–Crippen MR) is 57.5 cm³/mol. The van der Waals surface area contributed by atoms with Crippen molar-refractivity contribution in [1.29, 1.82) is 0 Å². The summed E-state index contributed by atoms with van der Waals surface area (Å²) in [5, 5.41) is 2.47. The molecule has 1 amide bonds. The molecule has 76 valence electrons. The Bertz CT molecular complexity index is 438. The lowest BCUT2D eigenvalue weighted by atomic mass is 10.3. The normalized spacial score (nSPS) is 11.0. The van der Waals surface area contributed by atoms with E-state index in [0.717, 1.165) is 6.26 Å². The maximum absolute atomic E-state index is 11.1. The average Bonchev–Trinajstić information content (AvgIpc) is 2.02. The van der Waals surface area contributed by atoms with Crippen LogP contribution in [-0.4, -0.2) is 19.5 Å². The number of carbonyl (C=O) groups is 1. The lowest BCUT2D eigenvalue weighted by molar-refractivity contribution is 0.270. The first-order valence-corrected chi connectivity index (χ1v) is 6.34. The number of rotatable bonds is 2. The Balaban J connectivity index is 2.95. The summed E-state index contributed by atoms with van der Waals surface area (Å²) in [5.41, 5.74) is 0.541. The smallest absolute Gasteiger partial charge is 0.291 e. The second-order valence-corrected chi connectivity index (χ2v) is 5.43. The van der Waals surface area contributed by atoms with E-state index >= 15 is 0 Å². The van der Waals surface area contributed by atoms with Gasteiger partial charge in [-0.1, -0.05) is 0 Å². The zero-order chi connectivity index (χ0) is 10.8. The summed E-state index contributed by atoms with van der Waals surface area (Å²) in [6.07, 6.45) is 1.13. The van der Waals surface area contributed by atoms with Crippen LogP contribution >= 0.6 is 15.9 Å². The quantitative estimate of drug-likeness (QED) is 0.665. The molecule has 0 aromatic heterocycles. The van der Waals surface area contributed by atoms with Crippen molar-refractivity contribution in [2.45, 2.75) is 4.90 Å². The molecule has 1 N–H and O–H groups in total. The number of sulfone groups is 1. The van der Waals surface area contributed by atoms with Crippen molar-refractivity contribution in [2.24, 2.45) is 0 Å². The minimum absolute atomic E-state index is 0.227. The molecule has 1 aromatic carbocycles. The van der Waals surface area contributed by atoms with Gasteiger partial charge in [0.25, 0.3) is 4.82 Å². The minimum atomic E-state index is -3.17. The maximum Gasteiger partial charge on any atom is 0.291 e. The Kier molecular flexibility index (Phi) is 3.28. The van der Waals surface area contributed by atoms with Crippen LogP contribution in [0.15, 0.2) is 29.2 Å². The van der Waals surface area contributed by atoms with Gasteiger partial charge in [-0.2, -0.15) is 0 Å². The molecule has 1 rings (SSSR count). The van der Waals surface area contributed by atoms with Crippen LogP contribution in [0.2, 0.25) is 0 Å². The SMILES string of the molecule is CS(=O)(=O)c1ccc(NC(=O)Br)cc1. The van der Waals surface area contributed by atoms with E-state index in [1.807, 2.05) is 0 Å². The van der Waals surface area contributed by atoms with Gasteiger partial charge in [0.15, 0.2) is 9.84 Å². The van der Waals surface area contributed by atoms with Gasteiger partial charge in [-0.15, -0.1) is 0 Å². The van der Waals surface area contributed by atoms with Crippen molar-refractivity contribution in [3.63, 3.8) is 0 Å². The molecule has 0 aliphatic heterocycles. The van der Waals surface area contributed by atoms with Crippen molar-refractivity contribution in [1.82, 2.24) is 0 Å². The first kappa shape index (κ1) is 11.2. The van der Waals surface area contributed by atoms with Crippen LogP contribution in [0.1, 0.15) is 0 Å². The highest BCUT2D eigenvalue weighted by Gasteiger charge is 2.06. The highest BCUT2D eigenvalue weighted by molar-refractivity contribution is 9.18. The molecule has 0 heterocycles. The predicted octanol–water partition coefficient (Wildman–Crippen LogP) is 2.02. The maximum atomic E-state index is 11.1. The van der Waals surface area contributed by atoms with E-state index in [2.05, 4.69) is 21.2 Å². The third-order valence-corrected chi connectivity index (χ3v) is 2.85. The summed E-state index contributed by atoms with van der Waals surface area (Å²) in [6, 6.07) is 5.92. The van der Waals surface area contributed by atoms with Crippen molar-refractivity contribution < 1.29 is 13.2 Å². The molecule has 6 heteroatoms. The van der Waals surface area contributed by atoms with Crippen LogP contribution in [0.4, 0.5) is 10.5 Å². The molecule has 4 nitrogen and oxygen atoms in total. The molecule has 0 saturated carbocycles. The molecule has 0 aliphatic carbocycles. The van der Waals surface area contributed by atoms with Crippen LogP contribution < -0.4 is 5.32 Å². The van der Waals surface area contributed by atoms with Crippen molar-refractivity contribution in [2.75, 3.05) is 11.6 Å². The van der Waals surface area contributed by atoms with Gasteiger partial charge in [-0.3, -0.25) is 4.79 Å². The largest absolute Gasteiger partial charge is 0.317 e. The topological polar surface area (TPSA) is 63.2 Å². The van der Waals surface area contributed by atoms with E-state index in [0.29, 0.717) is 5.69 Å². The summed E-state index contributed by atoms with van der Waals surface area (Å²) in [5.74, 6) is 0. The average molecular weight is 278 g/mol. The number of carbonyl (C=O) groups excluding carboxylic acids is 1. The summed E-state index contributed by atoms with van der Waals surface area (Å²) in [7, 11) is -3.17. The van der Waals surface area contributed by atoms with Gasteiger partial charge in [-0.25, -0.2) is 8.42 Å². The number of hydrogen-bond acceptors (Lipinski definition) is 3. The number of nitrogens with one attached hydrogen (secondary N) is 1. The van der Waals surface area contributed by atoms with Crippen molar-refractivity contribution in [3.8, 4) is 0 Å². The fourth-order valence-electron chi connectivity index (χ4n) is 0.899. The lowest BCUT2D eigenvalue weighted by Gasteiger charge is -2.01. The fraction of sp³-hybridized carbons (Fsp3) is 0.125. The van der Waals surface area contributed by atoms with Crippen LogP contribution in [0.5, 0.6) is 0 Å². The van der Waals surface area contributed by atoms with E-state index in [1.165, 1.54) is 24.3 Å². The highest BCUT2D eigenvalue weighted by Crippen LogP contribution is 2.14. The van der Waals surface area contributed by atoms with Gasteiger partial charge in [0.2, 0.25) is 0 Å². The van der Waals surface area contributed by atoms with Crippen molar-refractivity contribution >= 4 is 36.3 Å². The number of halogens is 1. The van der Waals surface area contributed by atoms with Gasteiger partial charge in [-0.05, 0) is 24.3 Å². The first-order chi connectivity index (χ1) is 6.39. The third kappa shape index (κ3) is 3.12. The summed E-state index contributed by atoms with van der Waals surface area (Å²) < 4.78 is 22.1. The van der Waals surface area contributed by atoms with Gasteiger partial charge in [0.1, 0.15) is 0 Å². The lowest BCUT2D eigenvalue weighted by Crippen LogP contribution is -2.01. The molecule has 0 unspecified atom stereocenters. The number of amides is 1. The number of hydrogen-bond donors (Lipinski definition) is 1. The van der Waals surface area contributed by atoms with E-state index < -0.39 is 9.84 Å². The van der Waals surface area contributed by atoms with E-state index in [4.69, 9.17) is 0 Å². The number of anilines is 1. The van der Waals surface area contributed by atoms with Gasteiger partial charge < -0.3 is 5.32 Å². The summed E-state index contributed by atoms with van der Waals surface area (Å²) in [4.78, 5) is 10.4. The van der Waals surface area contributed by atoms with Crippen LogP contribution in [-0.2, 0) is 9.84 Å². The van der Waals surface area contributed by atoms with E-state index in [-0.39, 0.29) is 9.71 Å². The van der Waals surface area contributed by atoms with Crippen LogP contribution in [0, 0.1) is 0 Å². The van der Waals surface area contributed by atoms with Crippen molar-refractivity contribution in [3.05, 3.63) is 24.3 Å². The molecular weight excluding hydrogens is 270 g/mol. The van der Waals surface area contributed by atoms with E-state index in [9.17, 15) is 13.2 Å². The second-order valence-electron chi connectivity index (χ2n) is 2.70. The van der Waals surface area contributed by atoms with Crippen LogP contribution in [0.3, 0.4) is 0 Å². The zero-order valence-electron chi connectivity index (χ0n) is 7.32. The second kappa shape index (κ2) is 4.10. The molecule has 0 radical (unpaired) electrons. The molecular formula is C8H8BrNO3S. The molecule has 14 heavy (non-hydrogen) atoms. The third-order valence-electron chi connectivity index (χ3n) is 1.53. The Morgan fingerprint density at radius 1 is 1.29 bits per heavy atom. The molecule has 0 saturated heterocycles.